The average Bonchev–Trinajstić information content (AvgIpc) is 2.08. The van der Waals surface area contributed by atoms with Crippen LogP contribution in [0.2, 0.25) is 0 Å². The van der Waals surface area contributed by atoms with Gasteiger partial charge in [-0.3, -0.25) is 0 Å². The Bertz CT molecular complexity index is 257. The monoisotopic (exact) mass is 304 g/mol. The Morgan fingerprint density at radius 3 is 2.19 bits per heavy atom. The molecule has 0 spiro atoms. The topological polar surface area (TPSA) is 58.9 Å². The van der Waals surface area contributed by atoms with E-state index < -0.39 is 25.9 Å². The molecule has 0 aliphatic heterocycles. The Morgan fingerprint density at radius 2 is 1.88 bits per heavy atom. The van der Waals surface area contributed by atoms with Gasteiger partial charge in [-0.15, -0.1) is 4.72 Å². The molecule has 1 unspecified atom stereocenters. The van der Waals surface area contributed by atoms with Crippen LogP contribution in [0.1, 0.15) is 33.6 Å². The van der Waals surface area contributed by atoms with Crippen LogP contribution in [0, 0.1) is 11.3 Å². The summed E-state index contributed by atoms with van der Waals surface area (Å²) in [5.74, 6) is 0. The van der Waals surface area contributed by atoms with Gasteiger partial charge in [-0.25, -0.2) is 0 Å². The van der Waals surface area contributed by atoms with Gasteiger partial charge in [0.25, 0.3) is 0 Å². The maximum absolute atomic E-state index is 11.7. The number of nitrogens with zero attached hydrogens (tertiary/aromatic N) is 1. The maximum atomic E-state index is 11.7. The predicted molar refractivity (Wildman–Crippen MR) is 70.0 cm³/mol. The van der Waals surface area contributed by atoms with E-state index in [-0.39, 0.29) is 6.42 Å². The second kappa shape index (κ2) is 6.53. The molecule has 0 aliphatic carbocycles. The van der Waals surface area contributed by atoms with Gasteiger partial charge in [-0.05, 0) is 33.6 Å². The van der Waals surface area contributed by atoms with Gasteiger partial charge in [-0.2, -0.15) is 5.26 Å². The lowest BCUT2D eigenvalue weighted by molar-refractivity contribution is 0.527. The van der Waals surface area contributed by atoms with E-state index in [2.05, 4.69) is 4.72 Å². The van der Waals surface area contributed by atoms with Crippen LogP contribution in [0.25, 0.3) is 0 Å². The Morgan fingerprint density at radius 1 is 1.38 bits per heavy atom. The van der Waals surface area contributed by atoms with Crippen LogP contribution in [-0.2, 0) is 11.4 Å². The molecule has 7 heteroatoms. The fourth-order valence-corrected chi connectivity index (χ4v) is 1.87. The third-order valence-corrected chi connectivity index (χ3v) is 3.86. The number of hydrogen-bond acceptors (Lipinski definition) is 3. The lowest BCUT2D eigenvalue weighted by Gasteiger charge is -2.25. The summed E-state index contributed by atoms with van der Waals surface area (Å²) in [5, 5.41) is 8.86. The minimum atomic E-state index is -1.37. The Balaban J connectivity index is 4.18. The number of hydrogen-bond donors (Lipinski definition) is 1. The molecule has 0 amide bonds. The van der Waals surface area contributed by atoms with Crippen molar-refractivity contribution >= 4 is 46.2 Å². The molecule has 0 radical (unpaired) electrons. The molecular weight excluding hydrogens is 291 g/mol. The summed E-state index contributed by atoms with van der Waals surface area (Å²) in [6.07, 6.45) is 0.582. The zero-order valence-corrected chi connectivity index (χ0v) is 12.5. The van der Waals surface area contributed by atoms with E-state index in [4.69, 9.17) is 40.1 Å². The largest absolute Gasteiger partial charge is 0.598 e. The van der Waals surface area contributed by atoms with Crippen molar-refractivity contribution in [2.75, 3.05) is 0 Å². The minimum absolute atomic E-state index is 0.240. The van der Waals surface area contributed by atoms with Crippen LogP contribution < -0.4 is 4.72 Å². The lowest BCUT2D eigenvalue weighted by atomic mass is 10.2. The Labute approximate surface area is 115 Å². The first-order valence-electron chi connectivity index (χ1n) is 4.70. The summed E-state index contributed by atoms with van der Waals surface area (Å²) in [4.78, 5) is 0. The van der Waals surface area contributed by atoms with Crippen LogP contribution in [0.4, 0.5) is 0 Å². The number of nitriles is 1. The molecule has 0 heterocycles. The SMILES string of the molecule is CC(C)(C)[S@+]([O-])NC(C#N)CCC(Cl)(Cl)Cl. The normalized spacial score (nSPS) is 16.6. The number of alkyl halides is 3. The lowest BCUT2D eigenvalue weighted by Crippen LogP contribution is -2.44. The van der Waals surface area contributed by atoms with Crippen molar-refractivity contribution in [2.24, 2.45) is 0 Å². The predicted octanol–water partition coefficient (Wildman–Crippen LogP) is 3.08. The first-order chi connectivity index (χ1) is 7.06. The molecule has 0 rings (SSSR count). The highest BCUT2D eigenvalue weighted by Crippen LogP contribution is 2.31. The molecule has 2 atom stereocenters. The highest BCUT2D eigenvalue weighted by Gasteiger charge is 2.30. The first kappa shape index (κ1) is 16.6. The fraction of sp³-hybridized carbons (Fsp3) is 0.889. The highest BCUT2D eigenvalue weighted by atomic mass is 35.6. The third-order valence-electron chi connectivity index (χ3n) is 1.68. The van der Waals surface area contributed by atoms with Crippen molar-refractivity contribution in [3.8, 4) is 6.07 Å². The minimum Gasteiger partial charge on any atom is -0.598 e. The summed E-state index contributed by atoms with van der Waals surface area (Å²) in [6.45, 7) is 5.46. The number of nitrogens with one attached hydrogen (secondary N) is 1. The summed E-state index contributed by atoms with van der Waals surface area (Å²) < 4.78 is 12.6. The Hall–Kier alpha value is 0.630. The molecule has 0 saturated heterocycles. The van der Waals surface area contributed by atoms with Gasteiger partial charge >= 0.3 is 0 Å². The summed E-state index contributed by atoms with van der Waals surface area (Å²) in [7, 11) is 0. The Kier molecular flexibility index (Phi) is 6.79. The zero-order valence-electron chi connectivity index (χ0n) is 9.39. The molecule has 0 aromatic heterocycles. The van der Waals surface area contributed by atoms with Crippen LogP contribution in [0.5, 0.6) is 0 Å². The standard InChI is InChI=1S/C9H15Cl3N2OS/c1-8(2,3)16(15)14-7(6-13)4-5-9(10,11)12/h7,14H,4-5H2,1-3H3/t7?,16-/m0/s1. The van der Waals surface area contributed by atoms with E-state index in [1.807, 2.05) is 26.8 Å². The molecule has 1 N–H and O–H groups in total. The molecule has 0 saturated carbocycles. The van der Waals surface area contributed by atoms with E-state index in [0.29, 0.717) is 6.42 Å². The van der Waals surface area contributed by atoms with E-state index in [9.17, 15) is 4.55 Å². The smallest absolute Gasteiger partial charge is 0.190 e. The molecule has 0 fully saturated rings. The van der Waals surface area contributed by atoms with Gasteiger partial charge in [0, 0.05) is 11.4 Å². The van der Waals surface area contributed by atoms with Crippen LogP contribution >= 0.6 is 34.8 Å². The van der Waals surface area contributed by atoms with Gasteiger partial charge < -0.3 is 4.55 Å². The van der Waals surface area contributed by atoms with E-state index in [1.54, 1.807) is 0 Å². The van der Waals surface area contributed by atoms with Crippen molar-refractivity contribution in [1.82, 2.24) is 4.72 Å². The average molecular weight is 306 g/mol. The van der Waals surface area contributed by atoms with Crippen molar-refractivity contribution in [3.63, 3.8) is 0 Å². The fourth-order valence-electron chi connectivity index (χ4n) is 0.764. The van der Waals surface area contributed by atoms with Crippen LogP contribution in [0.15, 0.2) is 0 Å². The van der Waals surface area contributed by atoms with Gasteiger partial charge in [0.05, 0.1) is 6.07 Å². The molecular formula is C9H15Cl3N2OS. The molecule has 0 aliphatic rings. The van der Waals surface area contributed by atoms with E-state index in [0.717, 1.165) is 0 Å². The second-order valence-corrected chi connectivity index (χ2v) is 8.85. The molecule has 16 heavy (non-hydrogen) atoms. The molecule has 0 aromatic carbocycles. The maximum Gasteiger partial charge on any atom is 0.190 e. The van der Waals surface area contributed by atoms with Crippen molar-refractivity contribution in [1.29, 1.82) is 5.26 Å². The zero-order chi connectivity index (χ0) is 13.0. The summed E-state index contributed by atoms with van der Waals surface area (Å²) >= 11 is 15.4. The van der Waals surface area contributed by atoms with Crippen molar-refractivity contribution < 1.29 is 4.55 Å². The van der Waals surface area contributed by atoms with Crippen molar-refractivity contribution in [2.45, 2.75) is 48.2 Å². The number of halogens is 3. The molecule has 0 aromatic rings. The van der Waals surface area contributed by atoms with Crippen molar-refractivity contribution in [3.05, 3.63) is 0 Å². The van der Waals surface area contributed by atoms with Gasteiger partial charge in [0.2, 0.25) is 0 Å². The quantitative estimate of drug-likeness (QED) is 0.641. The summed E-state index contributed by atoms with van der Waals surface area (Å²) in [5.41, 5.74) is 0. The molecule has 0 bridgehead atoms. The van der Waals surface area contributed by atoms with Crippen LogP contribution in [0.3, 0.4) is 0 Å². The van der Waals surface area contributed by atoms with Gasteiger partial charge in [0.1, 0.15) is 10.8 Å². The van der Waals surface area contributed by atoms with Crippen LogP contribution in [-0.4, -0.2) is 19.1 Å². The van der Waals surface area contributed by atoms with E-state index in [1.165, 1.54) is 0 Å². The van der Waals surface area contributed by atoms with E-state index >= 15 is 0 Å². The van der Waals surface area contributed by atoms with Gasteiger partial charge in [-0.1, -0.05) is 34.8 Å². The molecule has 3 nitrogen and oxygen atoms in total. The summed E-state index contributed by atoms with van der Waals surface area (Å²) in [6, 6.07) is 1.42. The highest BCUT2D eigenvalue weighted by molar-refractivity contribution is 7.90. The van der Waals surface area contributed by atoms with Gasteiger partial charge in [0.15, 0.2) is 3.79 Å². The first-order valence-corrected chi connectivity index (χ1v) is 6.99. The third kappa shape index (κ3) is 7.83. The second-order valence-electron chi connectivity index (χ2n) is 4.33. The molecule has 94 valence electrons. The number of rotatable bonds is 4.